The van der Waals surface area contributed by atoms with Crippen LogP contribution in [0.1, 0.15) is 50.5 Å². The number of benzene rings is 2. The Balaban J connectivity index is 1.91. The van der Waals surface area contributed by atoms with Gasteiger partial charge in [-0.25, -0.2) is 4.79 Å². The second-order valence-corrected chi connectivity index (χ2v) is 6.55. The van der Waals surface area contributed by atoms with Crippen LogP contribution in [0.3, 0.4) is 0 Å². The minimum absolute atomic E-state index is 0.156. The average molecular weight is 352 g/mol. The first-order valence-corrected chi connectivity index (χ1v) is 8.35. The lowest BCUT2D eigenvalue weighted by Gasteiger charge is -2.26. The molecular formula is C20H20N2O4. The molecule has 1 aliphatic rings. The Bertz CT molecular complexity index is 869. The van der Waals surface area contributed by atoms with Crippen molar-refractivity contribution < 1.29 is 19.2 Å². The van der Waals surface area contributed by atoms with Crippen molar-refractivity contribution in [1.29, 1.82) is 0 Å². The Morgan fingerprint density at radius 3 is 2.15 bits per heavy atom. The standard InChI is InChI=1S/C20H20N2O4/c1-12(2)21(4)17-10-9-13(3)11-16(17)20(25)26-22-18(23)14-7-5-6-8-15(14)19(22)24/h5-12H,1-4H3. The highest BCUT2D eigenvalue weighted by Gasteiger charge is 2.39. The third-order valence-corrected chi connectivity index (χ3v) is 4.46. The van der Waals surface area contributed by atoms with Crippen molar-refractivity contribution in [2.24, 2.45) is 0 Å². The van der Waals surface area contributed by atoms with Gasteiger partial charge in [0.25, 0.3) is 11.8 Å². The van der Waals surface area contributed by atoms with E-state index in [1.54, 1.807) is 18.2 Å². The molecule has 0 aromatic heterocycles. The van der Waals surface area contributed by atoms with Crippen molar-refractivity contribution in [3.8, 4) is 0 Å². The lowest BCUT2D eigenvalue weighted by Crippen LogP contribution is -2.34. The van der Waals surface area contributed by atoms with E-state index in [1.807, 2.05) is 44.9 Å². The first-order valence-electron chi connectivity index (χ1n) is 8.35. The average Bonchev–Trinajstić information content (AvgIpc) is 2.86. The number of carbonyl (C=O) groups is 3. The summed E-state index contributed by atoms with van der Waals surface area (Å²) in [5.41, 5.74) is 2.31. The molecule has 6 heteroatoms. The molecule has 0 spiro atoms. The van der Waals surface area contributed by atoms with Gasteiger partial charge >= 0.3 is 5.97 Å². The van der Waals surface area contributed by atoms with Gasteiger partial charge in [0.1, 0.15) is 0 Å². The third kappa shape index (κ3) is 2.94. The maximum atomic E-state index is 12.7. The van der Waals surface area contributed by atoms with E-state index in [-0.39, 0.29) is 17.2 Å². The number of amides is 2. The van der Waals surface area contributed by atoms with Gasteiger partial charge in [0.2, 0.25) is 0 Å². The molecular weight excluding hydrogens is 332 g/mol. The molecule has 26 heavy (non-hydrogen) atoms. The largest absolute Gasteiger partial charge is 0.371 e. The normalized spacial score (nSPS) is 13.2. The Labute approximate surface area is 151 Å². The molecule has 0 atom stereocenters. The van der Waals surface area contributed by atoms with Gasteiger partial charge in [-0.2, -0.15) is 0 Å². The molecule has 0 radical (unpaired) electrons. The second-order valence-electron chi connectivity index (χ2n) is 6.55. The second kappa shape index (κ2) is 6.63. The zero-order valence-corrected chi connectivity index (χ0v) is 15.1. The van der Waals surface area contributed by atoms with E-state index < -0.39 is 17.8 Å². The van der Waals surface area contributed by atoms with Gasteiger partial charge in [-0.1, -0.05) is 28.8 Å². The van der Waals surface area contributed by atoms with Gasteiger partial charge in [-0.15, -0.1) is 0 Å². The van der Waals surface area contributed by atoms with Crippen LogP contribution in [0.5, 0.6) is 0 Å². The number of rotatable bonds is 4. The fraction of sp³-hybridized carbons (Fsp3) is 0.250. The van der Waals surface area contributed by atoms with Crippen LogP contribution in [0.25, 0.3) is 0 Å². The van der Waals surface area contributed by atoms with Gasteiger partial charge in [-0.05, 0) is 45.0 Å². The summed E-state index contributed by atoms with van der Waals surface area (Å²) in [6.07, 6.45) is 0. The fourth-order valence-corrected chi connectivity index (χ4v) is 2.78. The number of nitrogens with zero attached hydrogens (tertiary/aromatic N) is 2. The first-order chi connectivity index (χ1) is 12.3. The molecule has 2 aromatic rings. The molecule has 0 aliphatic carbocycles. The van der Waals surface area contributed by atoms with Gasteiger partial charge in [0.15, 0.2) is 0 Å². The van der Waals surface area contributed by atoms with Gasteiger partial charge in [-0.3, -0.25) is 9.59 Å². The van der Waals surface area contributed by atoms with Crippen molar-refractivity contribution in [2.45, 2.75) is 26.8 Å². The molecule has 0 unspecified atom stereocenters. The van der Waals surface area contributed by atoms with Crippen LogP contribution in [0.4, 0.5) is 5.69 Å². The van der Waals surface area contributed by atoms with Crippen molar-refractivity contribution >= 4 is 23.5 Å². The summed E-state index contributed by atoms with van der Waals surface area (Å²) in [6, 6.07) is 12.0. The van der Waals surface area contributed by atoms with E-state index in [0.29, 0.717) is 16.3 Å². The Morgan fingerprint density at radius 1 is 1.04 bits per heavy atom. The number of fused-ring (bicyclic) bond motifs is 1. The first kappa shape index (κ1) is 17.7. The molecule has 1 heterocycles. The Morgan fingerprint density at radius 2 is 1.62 bits per heavy atom. The minimum atomic E-state index is -0.745. The molecule has 2 aromatic carbocycles. The van der Waals surface area contributed by atoms with E-state index in [1.165, 1.54) is 12.1 Å². The smallest absolute Gasteiger partial charge is 0.366 e. The quantitative estimate of drug-likeness (QED) is 0.791. The van der Waals surface area contributed by atoms with Crippen LogP contribution >= 0.6 is 0 Å². The maximum Gasteiger partial charge on any atom is 0.366 e. The lowest BCUT2D eigenvalue weighted by atomic mass is 10.1. The highest BCUT2D eigenvalue weighted by Crippen LogP contribution is 2.27. The molecule has 0 fully saturated rings. The summed E-state index contributed by atoms with van der Waals surface area (Å²) in [5.74, 6) is -2.01. The number of imide groups is 1. The SMILES string of the molecule is Cc1ccc(N(C)C(C)C)c(C(=O)ON2C(=O)c3ccccc3C2=O)c1. The Hall–Kier alpha value is -3.15. The summed E-state index contributed by atoms with van der Waals surface area (Å²) < 4.78 is 0. The van der Waals surface area contributed by atoms with Gasteiger partial charge in [0.05, 0.1) is 22.4 Å². The number of aryl methyl sites for hydroxylation is 1. The molecule has 0 saturated heterocycles. The lowest BCUT2D eigenvalue weighted by molar-refractivity contribution is -0.0584. The van der Waals surface area contributed by atoms with Crippen molar-refractivity contribution in [3.05, 3.63) is 64.7 Å². The van der Waals surface area contributed by atoms with Gasteiger partial charge in [0, 0.05) is 13.1 Å². The minimum Gasteiger partial charge on any atom is -0.371 e. The molecule has 0 bridgehead atoms. The van der Waals surface area contributed by atoms with Crippen LogP contribution in [0, 0.1) is 6.92 Å². The highest BCUT2D eigenvalue weighted by atomic mass is 16.7. The van der Waals surface area contributed by atoms with Crippen molar-refractivity contribution in [2.75, 3.05) is 11.9 Å². The molecule has 1 aliphatic heterocycles. The van der Waals surface area contributed by atoms with Gasteiger partial charge < -0.3 is 9.74 Å². The monoisotopic (exact) mass is 352 g/mol. The maximum absolute atomic E-state index is 12.7. The van der Waals surface area contributed by atoms with Crippen LogP contribution in [-0.2, 0) is 4.84 Å². The fourth-order valence-electron chi connectivity index (χ4n) is 2.78. The van der Waals surface area contributed by atoms with Crippen LogP contribution in [0.15, 0.2) is 42.5 Å². The van der Waals surface area contributed by atoms with E-state index in [0.717, 1.165) is 5.56 Å². The molecule has 3 rings (SSSR count). The van der Waals surface area contributed by atoms with Crippen LogP contribution in [0.2, 0.25) is 0 Å². The number of hydroxylamine groups is 2. The van der Waals surface area contributed by atoms with Crippen LogP contribution < -0.4 is 4.90 Å². The highest BCUT2D eigenvalue weighted by molar-refractivity contribution is 6.21. The van der Waals surface area contributed by atoms with Crippen molar-refractivity contribution in [3.63, 3.8) is 0 Å². The zero-order valence-electron chi connectivity index (χ0n) is 15.1. The number of anilines is 1. The summed E-state index contributed by atoms with van der Waals surface area (Å²) >= 11 is 0. The summed E-state index contributed by atoms with van der Waals surface area (Å²) in [7, 11) is 1.87. The summed E-state index contributed by atoms with van der Waals surface area (Å²) in [4.78, 5) is 44.6. The van der Waals surface area contributed by atoms with E-state index in [4.69, 9.17) is 4.84 Å². The molecule has 2 amide bonds. The van der Waals surface area contributed by atoms with E-state index in [2.05, 4.69) is 0 Å². The molecule has 134 valence electrons. The number of hydrogen-bond donors (Lipinski definition) is 0. The Kier molecular flexibility index (Phi) is 4.50. The summed E-state index contributed by atoms with van der Waals surface area (Å²) in [5, 5.41) is 0.536. The predicted octanol–water partition coefficient (Wildman–Crippen LogP) is 3.21. The molecule has 6 nitrogen and oxygen atoms in total. The van der Waals surface area contributed by atoms with E-state index in [9.17, 15) is 14.4 Å². The third-order valence-electron chi connectivity index (χ3n) is 4.46. The topological polar surface area (TPSA) is 66.9 Å². The van der Waals surface area contributed by atoms with Crippen molar-refractivity contribution in [1.82, 2.24) is 5.06 Å². The zero-order chi connectivity index (χ0) is 19.0. The number of carbonyl (C=O) groups excluding carboxylic acids is 3. The van der Waals surface area contributed by atoms with Crippen LogP contribution in [-0.4, -0.2) is 35.9 Å². The predicted molar refractivity (Wildman–Crippen MR) is 97.1 cm³/mol. The summed E-state index contributed by atoms with van der Waals surface area (Å²) in [6.45, 7) is 5.86. The molecule has 0 saturated carbocycles. The van der Waals surface area contributed by atoms with E-state index >= 15 is 0 Å². The molecule has 0 N–H and O–H groups in total. The number of hydrogen-bond acceptors (Lipinski definition) is 5.